The van der Waals surface area contributed by atoms with E-state index >= 15 is 0 Å². The number of phenolic OH excluding ortho intramolecular Hbond substituents is 2. The number of benzene rings is 2. The van der Waals surface area contributed by atoms with Crippen molar-refractivity contribution in [2.75, 3.05) is 7.11 Å². The Bertz CT molecular complexity index is 374. The molecule has 84 valence electrons. The topological polar surface area (TPSA) is 49.7 Å². The summed E-state index contributed by atoms with van der Waals surface area (Å²) in [5.41, 5.74) is 0. The van der Waals surface area contributed by atoms with E-state index in [4.69, 9.17) is 14.9 Å². The van der Waals surface area contributed by atoms with Gasteiger partial charge in [-0.25, -0.2) is 0 Å². The number of phenols is 2. The van der Waals surface area contributed by atoms with E-state index in [0.29, 0.717) is 0 Å². The minimum Gasteiger partial charge on any atom is -0.508 e. The van der Waals surface area contributed by atoms with E-state index in [1.807, 2.05) is 30.3 Å². The Hall–Kier alpha value is -2.16. The van der Waals surface area contributed by atoms with Gasteiger partial charge in [0.05, 0.1) is 7.11 Å². The molecule has 0 saturated heterocycles. The zero-order chi connectivity index (χ0) is 11.8. The fourth-order valence-corrected chi connectivity index (χ4v) is 1.01. The molecule has 3 nitrogen and oxygen atoms in total. The first-order valence-corrected chi connectivity index (χ1v) is 4.79. The molecular weight excluding hydrogens is 204 g/mol. The van der Waals surface area contributed by atoms with Gasteiger partial charge in [0.2, 0.25) is 0 Å². The normalized spacial score (nSPS) is 8.81. The van der Waals surface area contributed by atoms with E-state index in [0.717, 1.165) is 5.75 Å². The third-order valence-electron chi connectivity index (χ3n) is 1.83. The van der Waals surface area contributed by atoms with Crippen molar-refractivity contribution in [2.45, 2.75) is 0 Å². The molecule has 16 heavy (non-hydrogen) atoms. The van der Waals surface area contributed by atoms with E-state index in [9.17, 15) is 0 Å². The van der Waals surface area contributed by atoms with Gasteiger partial charge in [0, 0.05) is 0 Å². The Morgan fingerprint density at radius 2 is 1.19 bits per heavy atom. The van der Waals surface area contributed by atoms with Gasteiger partial charge in [0.25, 0.3) is 0 Å². The number of para-hydroxylation sites is 1. The summed E-state index contributed by atoms with van der Waals surface area (Å²) in [5, 5.41) is 17.3. The molecule has 0 amide bonds. The maximum absolute atomic E-state index is 8.65. The summed E-state index contributed by atoms with van der Waals surface area (Å²) in [5.74, 6) is 1.25. The van der Waals surface area contributed by atoms with Crippen molar-refractivity contribution in [1.29, 1.82) is 0 Å². The quantitative estimate of drug-likeness (QED) is 0.723. The van der Waals surface area contributed by atoms with Crippen molar-refractivity contribution < 1.29 is 14.9 Å². The van der Waals surface area contributed by atoms with Crippen LogP contribution in [-0.2, 0) is 0 Å². The van der Waals surface area contributed by atoms with Crippen LogP contribution < -0.4 is 4.74 Å². The molecule has 0 heterocycles. The maximum atomic E-state index is 8.65. The molecule has 0 aromatic heterocycles. The molecule has 0 aliphatic carbocycles. The lowest BCUT2D eigenvalue weighted by Crippen LogP contribution is -1.78. The highest BCUT2D eigenvalue weighted by molar-refractivity contribution is 5.28. The summed E-state index contributed by atoms with van der Waals surface area (Å²) in [6.45, 7) is 0. The van der Waals surface area contributed by atoms with Crippen molar-refractivity contribution in [3.63, 3.8) is 0 Å². The minimum atomic E-state index is 0.169. The van der Waals surface area contributed by atoms with Crippen LogP contribution in [0.2, 0.25) is 0 Å². The van der Waals surface area contributed by atoms with Crippen molar-refractivity contribution in [2.24, 2.45) is 0 Å². The van der Waals surface area contributed by atoms with Gasteiger partial charge in [-0.05, 0) is 36.4 Å². The third kappa shape index (κ3) is 4.37. The molecule has 2 aromatic carbocycles. The summed E-state index contributed by atoms with van der Waals surface area (Å²) in [7, 11) is 1.66. The lowest BCUT2D eigenvalue weighted by atomic mass is 10.3. The van der Waals surface area contributed by atoms with Gasteiger partial charge >= 0.3 is 0 Å². The Balaban J connectivity index is 0.000000160. The van der Waals surface area contributed by atoms with Crippen LogP contribution in [0.4, 0.5) is 0 Å². The predicted molar refractivity (Wildman–Crippen MR) is 62.8 cm³/mol. The van der Waals surface area contributed by atoms with Gasteiger partial charge in [0.15, 0.2) is 0 Å². The number of aromatic hydroxyl groups is 2. The summed E-state index contributed by atoms with van der Waals surface area (Å²) in [6, 6.07) is 15.4. The molecule has 2 rings (SSSR count). The molecular formula is C13H14O3. The number of methoxy groups -OCH3 is 1. The Labute approximate surface area is 94.6 Å². The van der Waals surface area contributed by atoms with E-state index in [1.54, 1.807) is 7.11 Å². The van der Waals surface area contributed by atoms with E-state index in [1.165, 1.54) is 24.3 Å². The zero-order valence-corrected chi connectivity index (χ0v) is 9.00. The van der Waals surface area contributed by atoms with Crippen molar-refractivity contribution >= 4 is 0 Å². The van der Waals surface area contributed by atoms with Gasteiger partial charge in [-0.3, -0.25) is 0 Å². The van der Waals surface area contributed by atoms with Crippen LogP contribution >= 0.6 is 0 Å². The summed E-state index contributed by atoms with van der Waals surface area (Å²) in [4.78, 5) is 0. The number of ether oxygens (including phenoxy) is 1. The summed E-state index contributed by atoms with van der Waals surface area (Å²) < 4.78 is 4.91. The molecule has 2 aromatic rings. The van der Waals surface area contributed by atoms with E-state index in [2.05, 4.69) is 0 Å². The summed E-state index contributed by atoms with van der Waals surface area (Å²) in [6.07, 6.45) is 0. The highest BCUT2D eigenvalue weighted by Crippen LogP contribution is 2.13. The predicted octanol–water partition coefficient (Wildman–Crippen LogP) is 2.79. The number of hydrogen-bond acceptors (Lipinski definition) is 3. The zero-order valence-electron chi connectivity index (χ0n) is 9.00. The van der Waals surface area contributed by atoms with Gasteiger partial charge in [0.1, 0.15) is 17.2 Å². The molecule has 0 unspecified atom stereocenters. The molecule has 0 fully saturated rings. The first kappa shape index (κ1) is 11.9. The fraction of sp³-hybridized carbons (Fsp3) is 0.0769. The first-order valence-electron chi connectivity index (χ1n) is 4.79. The van der Waals surface area contributed by atoms with Crippen LogP contribution in [0.15, 0.2) is 54.6 Å². The van der Waals surface area contributed by atoms with Crippen molar-refractivity contribution in [3.05, 3.63) is 54.6 Å². The maximum Gasteiger partial charge on any atom is 0.118 e. The SMILES string of the molecule is COc1ccccc1.Oc1ccc(O)cc1. The summed E-state index contributed by atoms with van der Waals surface area (Å²) >= 11 is 0. The van der Waals surface area contributed by atoms with Crippen LogP contribution in [-0.4, -0.2) is 17.3 Å². The third-order valence-corrected chi connectivity index (χ3v) is 1.83. The molecule has 0 atom stereocenters. The smallest absolute Gasteiger partial charge is 0.118 e. The molecule has 0 aliphatic rings. The average molecular weight is 218 g/mol. The molecule has 0 radical (unpaired) electrons. The molecule has 0 spiro atoms. The first-order chi connectivity index (χ1) is 7.72. The highest BCUT2D eigenvalue weighted by atomic mass is 16.5. The van der Waals surface area contributed by atoms with Crippen molar-refractivity contribution in [1.82, 2.24) is 0 Å². The molecule has 2 N–H and O–H groups in total. The van der Waals surface area contributed by atoms with Crippen LogP contribution in [0.25, 0.3) is 0 Å². The van der Waals surface area contributed by atoms with Crippen molar-refractivity contribution in [3.8, 4) is 17.2 Å². The van der Waals surface area contributed by atoms with Crippen LogP contribution in [0.1, 0.15) is 0 Å². The van der Waals surface area contributed by atoms with E-state index in [-0.39, 0.29) is 11.5 Å². The van der Waals surface area contributed by atoms with E-state index < -0.39 is 0 Å². The second-order valence-corrected chi connectivity index (χ2v) is 3.03. The van der Waals surface area contributed by atoms with Gasteiger partial charge in [-0.15, -0.1) is 0 Å². The molecule has 0 bridgehead atoms. The standard InChI is InChI=1S/C7H8O.C6H6O2/c1-8-7-5-3-2-4-6-7;7-5-1-2-6(8)4-3-5/h2-6H,1H3;1-4,7-8H. The monoisotopic (exact) mass is 218 g/mol. The van der Waals surface area contributed by atoms with Crippen LogP contribution in [0.3, 0.4) is 0 Å². The molecule has 0 aliphatic heterocycles. The number of hydrogen-bond donors (Lipinski definition) is 2. The number of rotatable bonds is 1. The van der Waals surface area contributed by atoms with Gasteiger partial charge in [-0.2, -0.15) is 0 Å². The van der Waals surface area contributed by atoms with Crippen LogP contribution in [0.5, 0.6) is 17.2 Å². The lowest BCUT2D eigenvalue weighted by molar-refractivity contribution is 0.415. The molecule has 3 heteroatoms. The fourth-order valence-electron chi connectivity index (χ4n) is 1.01. The molecule has 0 saturated carbocycles. The lowest BCUT2D eigenvalue weighted by Gasteiger charge is -1.93. The van der Waals surface area contributed by atoms with Crippen LogP contribution in [0, 0.1) is 0 Å². The van der Waals surface area contributed by atoms with Gasteiger partial charge in [-0.1, -0.05) is 18.2 Å². The Morgan fingerprint density at radius 1 is 0.750 bits per heavy atom. The Morgan fingerprint density at radius 3 is 1.50 bits per heavy atom. The van der Waals surface area contributed by atoms with Gasteiger partial charge < -0.3 is 14.9 Å². The average Bonchev–Trinajstić information content (AvgIpc) is 2.35. The highest BCUT2D eigenvalue weighted by Gasteiger charge is 1.84. The largest absolute Gasteiger partial charge is 0.508 e. The Kier molecular flexibility index (Phi) is 4.73. The second kappa shape index (κ2) is 6.35. The minimum absolute atomic E-state index is 0.169. The second-order valence-electron chi connectivity index (χ2n) is 3.03.